The molecule has 0 saturated heterocycles. The van der Waals surface area contributed by atoms with Crippen LogP contribution in [0.3, 0.4) is 0 Å². The molecule has 146 valence electrons. The maximum Gasteiger partial charge on any atom is 0.233 e. The van der Waals surface area contributed by atoms with Gasteiger partial charge < -0.3 is 14.6 Å². The molecule has 1 amide bonds. The van der Waals surface area contributed by atoms with Crippen LogP contribution in [0.5, 0.6) is 5.75 Å². The number of thioether (sulfide) groups is 1. The average Bonchev–Trinajstić information content (AvgIpc) is 3.09. The summed E-state index contributed by atoms with van der Waals surface area (Å²) < 4.78 is 7.09. The molecule has 1 N–H and O–H groups in total. The summed E-state index contributed by atoms with van der Waals surface area (Å²) in [4.78, 5) is 12.4. The molecule has 0 aliphatic carbocycles. The largest absolute Gasteiger partial charge is 0.497 e. The van der Waals surface area contributed by atoms with Gasteiger partial charge in [-0.15, -0.1) is 10.2 Å². The van der Waals surface area contributed by atoms with Crippen LogP contribution in [-0.2, 0) is 18.3 Å². The summed E-state index contributed by atoms with van der Waals surface area (Å²) in [5, 5.41) is 12.0. The summed E-state index contributed by atoms with van der Waals surface area (Å²) in [6, 6.07) is 17.8. The Morgan fingerprint density at radius 1 is 1.14 bits per heavy atom. The lowest BCUT2D eigenvalue weighted by atomic mass is 10.1. The summed E-state index contributed by atoms with van der Waals surface area (Å²) >= 11 is 1.40. The molecule has 0 saturated carbocycles. The first-order valence-electron chi connectivity index (χ1n) is 9.10. The minimum atomic E-state index is -0.262. The van der Waals surface area contributed by atoms with E-state index in [1.165, 1.54) is 17.3 Å². The molecule has 28 heavy (non-hydrogen) atoms. The number of methoxy groups -OCH3 is 1. The number of aromatic nitrogens is 3. The molecule has 2 aromatic carbocycles. The van der Waals surface area contributed by atoms with Crippen molar-refractivity contribution in [3.63, 3.8) is 0 Å². The summed E-state index contributed by atoms with van der Waals surface area (Å²) in [5.41, 5.74) is 2.16. The van der Waals surface area contributed by atoms with Gasteiger partial charge in [0, 0.05) is 19.2 Å². The minimum Gasteiger partial charge on any atom is -0.497 e. The van der Waals surface area contributed by atoms with Crippen molar-refractivity contribution in [1.82, 2.24) is 20.1 Å². The average molecular weight is 397 g/mol. The fourth-order valence-electron chi connectivity index (χ4n) is 2.74. The highest BCUT2D eigenvalue weighted by Gasteiger charge is 2.19. The Morgan fingerprint density at radius 2 is 1.86 bits per heavy atom. The maximum atomic E-state index is 12.4. The fraction of sp³-hybridized carbons (Fsp3) is 0.286. The van der Waals surface area contributed by atoms with Gasteiger partial charge in [-0.2, -0.15) is 0 Å². The molecule has 3 rings (SSSR count). The van der Waals surface area contributed by atoms with E-state index in [0.717, 1.165) is 23.6 Å². The van der Waals surface area contributed by atoms with Crippen LogP contribution in [0.2, 0.25) is 0 Å². The number of hydrogen-bond donors (Lipinski definition) is 1. The van der Waals surface area contributed by atoms with Crippen LogP contribution in [-0.4, -0.2) is 39.6 Å². The van der Waals surface area contributed by atoms with Crippen LogP contribution in [0.15, 0.2) is 59.8 Å². The molecule has 1 heterocycles. The number of hydrogen-bond acceptors (Lipinski definition) is 5. The van der Waals surface area contributed by atoms with E-state index in [1.54, 1.807) is 7.11 Å². The van der Waals surface area contributed by atoms with Crippen molar-refractivity contribution < 1.29 is 9.53 Å². The Morgan fingerprint density at radius 3 is 2.54 bits per heavy atom. The summed E-state index contributed by atoms with van der Waals surface area (Å²) in [6.45, 7) is 2.49. The highest BCUT2D eigenvalue weighted by Crippen LogP contribution is 2.26. The zero-order chi connectivity index (χ0) is 19.9. The third kappa shape index (κ3) is 4.92. The van der Waals surface area contributed by atoms with Crippen LogP contribution < -0.4 is 10.1 Å². The predicted molar refractivity (Wildman–Crippen MR) is 111 cm³/mol. The molecule has 0 unspecified atom stereocenters. The Kier molecular flexibility index (Phi) is 6.71. The van der Waals surface area contributed by atoms with E-state index in [4.69, 9.17) is 4.74 Å². The molecule has 1 atom stereocenters. The minimum absolute atomic E-state index is 0.00470. The number of ether oxygens (including phenoxy) is 1. The smallest absolute Gasteiger partial charge is 0.233 e. The van der Waals surface area contributed by atoms with E-state index < -0.39 is 0 Å². The summed E-state index contributed by atoms with van der Waals surface area (Å²) in [5.74, 6) is 1.54. The van der Waals surface area contributed by atoms with E-state index in [1.807, 2.05) is 61.0 Å². The van der Waals surface area contributed by atoms with Crippen LogP contribution in [0.4, 0.5) is 0 Å². The van der Waals surface area contributed by atoms with Crippen LogP contribution >= 0.6 is 11.8 Å². The van der Waals surface area contributed by atoms with Crippen LogP contribution in [0.25, 0.3) is 11.4 Å². The molecule has 0 radical (unpaired) electrons. The van der Waals surface area contributed by atoms with Crippen molar-refractivity contribution in [3.05, 3.63) is 60.2 Å². The van der Waals surface area contributed by atoms with Gasteiger partial charge in [0.25, 0.3) is 0 Å². The Balaban J connectivity index is 1.56. The lowest BCUT2D eigenvalue weighted by Gasteiger charge is -2.12. The fourth-order valence-corrected chi connectivity index (χ4v) is 3.58. The second-order valence-corrected chi connectivity index (χ2v) is 7.69. The molecular weight excluding hydrogens is 372 g/mol. The molecular formula is C21H24N4O2S. The van der Waals surface area contributed by atoms with Gasteiger partial charge in [0.2, 0.25) is 5.91 Å². The first-order valence-corrected chi connectivity index (χ1v) is 9.98. The van der Waals surface area contributed by atoms with Gasteiger partial charge in [0.05, 0.1) is 12.4 Å². The number of amides is 1. The normalized spacial score (nSPS) is 11.8. The van der Waals surface area contributed by atoms with Crippen molar-refractivity contribution in [2.24, 2.45) is 7.05 Å². The van der Waals surface area contributed by atoms with E-state index in [9.17, 15) is 4.79 Å². The van der Waals surface area contributed by atoms with Gasteiger partial charge in [-0.05, 0) is 43.2 Å². The first kappa shape index (κ1) is 19.9. The Labute approximate surface area is 169 Å². The number of nitrogens with zero attached hydrogens (tertiary/aromatic N) is 3. The lowest BCUT2D eigenvalue weighted by molar-refractivity contribution is -0.120. The molecule has 0 spiro atoms. The van der Waals surface area contributed by atoms with Crippen molar-refractivity contribution in [1.29, 1.82) is 0 Å². The predicted octanol–water partition coefficient (Wildman–Crippen LogP) is 3.33. The molecule has 0 bridgehead atoms. The zero-order valence-corrected chi connectivity index (χ0v) is 17.1. The monoisotopic (exact) mass is 396 g/mol. The molecule has 0 fully saturated rings. The molecule has 7 heteroatoms. The van der Waals surface area contributed by atoms with Crippen molar-refractivity contribution in [2.75, 3.05) is 13.7 Å². The zero-order valence-electron chi connectivity index (χ0n) is 16.3. The lowest BCUT2D eigenvalue weighted by Crippen LogP contribution is -2.32. The first-order chi connectivity index (χ1) is 13.6. The number of benzene rings is 2. The molecule has 6 nitrogen and oxygen atoms in total. The Bertz CT molecular complexity index is 910. The second kappa shape index (κ2) is 9.41. The van der Waals surface area contributed by atoms with E-state index in [2.05, 4.69) is 27.6 Å². The third-order valence-electron chi connectivity index (χ3n) is 4.39. The number of carbonyl (C=O) groups excluding carboxylic acids is 1. The third-order valence-corrected chi connectivity index (χ3v) is 5.52. The molecule has 3 aromatic rings. The standard InChI is InChI=1S/C21H24N4O2S/c1-15(20(26)22-14-13-16-7-5-4-6-8-16)28-21-24-23-19(25(21)2)17-9-11-18(27-3)12-10-17/h4-12,15H,13-14H2,1-3H3,(H,22,26)/t15-/m1/s1. The molecule has 1 aromatic heterocycles. The summed E-state index contributed by atoms with van der Waals surface area (Å²) in [6.07, 6.45) is 0.815. The Hall–Kier alpha value is -2.80. The maximum absolute atomic E-state index is 12.4. The summed E-state index contributed by atoms with van der Waals surface area (Å²) in [7, 11) is 3.54. The van der Waals surface area contributed by atoms with E-state index >= 15 is 0 Å². The number of nitrogens with one attached hydrogen (secondary N) is 1. The van der Waals surface area contributed by atoms with Crippen molar-refractivity contribution in [2.45, 2.75) is 23.8 Å². The van der Waals surface area contributed by atoms with E-state index in [0.29, 0.717) is 11.7 Å². The second-order valence-electron chi connectivity index (χ2n) is 6.38. The van der Waals surface area contributed by atoms with Gasteiger partial charge in [-0.3, -0.25) is 4.79 Å². The van der Waals surface area contributed by atoms with Gasteiger partial charge in [0.15, 0.2) is 11.0 Å². The quantitative estimate of drug-likeness (QED) is 0.592. The molecule has 0 aliphatic rings. The highest BCUT2D eigenvalue weighted by molar-refractivity contribution is 8.00. The molecule has 0 aliphatic heterocycles. The van der Waals surface area contributed by atoms with Gasteiger partial charge in [-0.25, -0.2) is 0 Å². The van der Waals surface area contributed by atoms with Gasteiger partial charge in [-0.1, -0.05) is 42.1 Å². The highest BCUT2D eigenvalue weighted by atomic mass is 32.2. The van der Waals surface area contributed by atoms with Crippen molar-refractivity contribution >= 4 is 17.7 Å². The number of rotatable bonds is 8. The van der Waals surface area contributed by atoms with Crippen LogP contribution in [0.1, 0.15) is 12.5 Å². The van der Waals surface area contributed by atoms with E-state index in [-0.39, 0.29) is 11.2 Å². The SMILES string of the molecule is COc1ccc(-c2nnc(S[C@H](C)C(=O)NCCc3ccccc3)n2C)cc1. The van der Waals surface area contributed by atoms with Gasteiger partial charge >= 0.3 is 0 Å². The van der Waals surface area contributed by atoms with Crippen molar-refractivity contribution in [3.8, 4) is 17.1 Å². The van der Waals surface area contributed by atoms with Gasteiger partial charge in [0.1, 0.15) is 5.75 Å². The topological polar surface area (TPSA) is 69.0 Å². The number of carbonyl (C=O) groups is 1. The van der Waals surface area contributed by atoms with Crippen LogP contribution in [0, 0.1) is 0 Å².